The zero-order valence-electron chi connectivity index (χ0n) is 11.5. The molecule has 1 aliphatic carbocycles. The molecule has 4 nitrogen and oxygen atoms in total. The fraction of sp³-hybridized carbons (Fsp3) is 0.312. The number of benzene rings is 1. The van der Waals surface area contributed by atoms with Gasteiger partial charge in [-0.3, -0.25) is 4.79 Å². The highest BCUT2D eigenvalue weighted by molar-refractivity contribution is 5.92. The molecule has 1 aromatic carbocycles. The first-order valence-electron chi connectivity index (χ1n) is 6.86. The molecule has 0 unspecified atom stereocenters. The van der Waals surface area contributed by atoms with Crippen LogP contribution in [0.1, 0.15) is 34.7 Å². The summed E-state index contributed by atoms with van der Waals surface area (Å²) in [7, 11) is 0. The molecule has 2 N–H and O–H groups in total. The topological polar surface area (TPSA) is 59.5 Å². The molecule has 1 heterocycles. The van der Waals surface area contributed by atoms with Crippen LogP contribution in [0.25, 0.3) is 0 Å². The number of rotatable bonds is 4. The summed E-state index contributed by atoms with van der Waals surface area (Å²) in [5, 5.41) is 0. The molecule has 104 valence electrons. The Morgan fingerprint density at radius 2 is 2.05 bits per heavy atom. The minimum atomic E-state index is -0.0520. The van der Waals surface area contributed by atoms with E-state index in [4.69, 9.17) is 10.2 Å². The smallest absolute Gasteiger partial charge is 0.290 e. The van der Waals surface area contributed by atoms with Crippen LogP contribution in [0, 0.1) is 6.92 Å². The summed E-state index contributed by atoms with van der Waals surface area (Å²) >= 11 is 0. The molecule has 1 saturated carbocycles. The lowest BCUT2D eigenvalue weighted by Gasteiger charge is -2.22. The minimum Gasteiger partial charge on any atom is -0.456 e. The minimum absolute atomic E-state index is 0.0520. The Labute approximate surface area is 118 Å². The van der Waals surface area contributed by atoms with Crippen LogP contribution in [0.2, 0.25) is 0 Å². The highest BCUT2D eigenvalue weighted by Crippen LogP contribution is 2.31. The SMILES string of the molecule is Cc1ccc(C(=O)N(Cc2ccccc2N)C2CC2)o1. The van der Waals surface area contributed by atoms with Gasteiger partial charge in [-0.25, -0.2) is 0 Å². The summed E-state index contributed by atoms with van der Waals surface area (Å²) in [5.41, 5.74) is 7.68. The van der Waals surface area contributed by atoms with Gasteiger partial charge in [0.1, 0.15) is 5.76 Å². The fourth-order valence-electron chi connectivity index (χ4n) is 2.31. The second kappa shape index (κ2) is 5.04. The van der Waals surface area contributed by atoms with E-state index in [1.807, 2.05) is 42.2 Å². The zero-order valence-corrected chi connectivity index (χ0v) is 11.5. The standard InChI is InChI=1S/C16H18N2O2/c1-11-6-9-15(20-11)16(19)18(13-7-8-13)10-12-4-2-3-5-14(12)17/h2-6,9,13H,7-8,10,17H2,1H3. The molecule has 1 aliphatic rings. The van der Waals surface area contributed by atoms with Crippen LogP contribution in [-0.4, -0.2) is 16.8 Å². The van der Waals surface area contributed by atoms with Crippen molar-refractivity contribution >= 4 is 11.6 Å². The number of hydrogen-bond acceptors (Lipinski definition) is 3. The molecule has 20 heavy (non-hydrogen) atoms. The van der Waals surface area contributed by atoms with Crippen molar-refractivity contribution in [2.45, 2.75) is 32.4 Å². The van der Waals surface area contributed by atoms with Crippen LogP contribution in [-0.2, 0) is 6.54 Å². The molecule has 0 radical (unpaired) electrons. The van der Waals surface area contributed by atoms with Crippen LogP contribution in [0.15, 0.2) is 40.8 Å². The molecule has 2 aromatic rings. The van der Waals surface area contributed by atoms with Crippen LogP contribution >= 0.6 is 0 Å². The second-order valence-corrected chi connectivity index (χ2v) is 5.27. The summed E-state index contributed by atoms with van der Waals surface area (Å²) in [4.78, 5) is 14.4. The number of nitrogen functional groups attached to an aromatic ring is 1. The monoisotopic (exact) mass is 270 g/mol. The van der Waals surface area contributed by atoms with E-state index >= 15 is 0 Å². The van der Waals surface area contributed by atoms with E-state index in [-0.39, 0.29) is 5.91 Å². The van der Waals surface area contributed by atoms with Crippen LogP contribution in [0.4, 0.5) is 5.69 Å². The Balaban J connectivity index is 1.83. The van der Waals surface area contributed by atoms with Crippen molar-refractivity contribution < 1.29 is 9.21 Å². The highest BCUT2D eigenvalue weighted by atomic mass is 16.3. The molecule has 0 aliphatic heterocycles. The number of aryl methyl sites for hydroxylation is 1. The first kappa shape index (κ1) is 12.8. The summed E-state index contributed by atoms with van der Waals surface area (Å²) in [5.74, 6) is 1.11. The zero-order chi connectivity index (χ0) is 14.1. The van der Waals surface area contributed by atoms with Gasteiger partial charge in [0.25, 0.3) is 5.91 Å². The maximum Gasteiger partial charge on any atom is 0.290 e. The molecule has 0 spiro atoms. The number of amides is 1. The number of carbonyl (C=O) groups excluding carboxylic acids is 1. The lowest BCUT2D eigenvalue weighted by atomic mass is 10.1. The summed E-state index contributed by atoms with van der Waals surface area (Å²) in [6.07, 6.45) is 2.11. The lowest BCUT2D eigenvalue weighted by Crippen LogP contribution is -2.32. The Morgan fingerprint density at radius 1 is 1.30 bits per heavy atom. The van der Waals surface area contributed by atoms with Gasteiger partial charge in [-0.1, -0.05) is 18.2 Å². The van der Waals surface area contributed by atoms with Crippen molar-refractivity contribution in [3.63, 3.8) is 0 Å². The summed E-state index contributed by atoms with van der Waals surface area (Å²) in [6.45, 7) is 2.38. The average molecular weight is 270 g/mol. The number of para-hydroxylation sites is 1. The van der Waals surface area contributed by atoms with Crippen molar-refractivity contribution in [2.24, 2.45) is 0 Å². The van der Waals surface area contributed by atoms with Crippen molar-refractivity contribution in [3.05, 3.63) is 53.5 Å². The van der Waals surface area contributed by atoms with E-state index in [2.05, 4.69) is 0 Å². The average Bonchev–Trinajstić information content (AvgIpc) is 3.18. The third kappa shape index (κ3) is 2.54. The van der Waals surface area contributed by atoms with Crippen molar-refractivity contribution in [2.75, 3.05) is 5.73 Å². The van der Waals surface area contributed by atoms with Gasteiger partial charge in [-0.05, 0) is 43.5 Å². The second-order valence-electron chi connectivity index (χ2n) is 5.27. The number of furan rings is 1. The van der Waals surface area contributed by atoms with Gasteiger partial charge >= 0.3 is 0 Å². The maximum absolute atomic E-state index is 12.5. The normalized spacial score (nSPS) is 14.2. The van der Waals surface area contributed by atoms with Crippen molar-refractivity contribution in [1.82, 2.24) is 4.90 Å². The first-order chi connectivity index (χ1) is 9.65. The van der Waals surface area contributed by atoms with E-state index in [1.165, 1.54) is 0 Å². The van der Waals surface area contributed by atoms with Gasteiger partial charge in [0.2, 0.25) is 0 Å². The molecule has 1 amide bonds. The third-order valence-electron chi connectivity index (χ3n) is 3.60. The highest BCUT2D eigenvalue weighted by Gasteiger charge is 2.34. The molecule has 0 bridgehead atoms. The van der Waals surface area contributed by atoms with E-state index < -0.39 is 0 Å². The molecule has 1 fully saturated rings. The predicted molar refractivity (Wildman–Crippen MR) is 77.2 cm³/mol. The Kier molecular flexibility index (Phi) is 3.22. The van der Waals surface area contributed by atoms with Gasteiger partial charge in [0, 0.05) is 18.3 Å². The number of nitrogens with zero attached hydrogens (tertiary/aromatic N) is 1. The molecule has 0 saturated heterocycles. The van der Waals surface area contributed by atoms with Crippen LogP contribution in [0.5, 0.6) is 0 Å². The molecular weight excluding hydrogens is 252 g/mol. The van der Waals surface area contributed by atoms with Crippen molar-refractivity contribution in [1.29, 1.82) is 0 Å². The molecule has 3 rings (SSSR count). The third-order valence-corrected chi connectivity index (χ3v) is 3.60. The van der Waals surface area contributed by atoms with E-state index in [0.717, 1.165) is 29.9 Å². The van der Waals surface area contributed by atoms with Gasteiger partial charge in [0.05, 0.1) is 0 Å². The van der Waals surface area contributed by atoms with E-state index in [9.17, 15) is 4.79 Å². The Morgan fingerprint density at radius 3 is 2.65 bits per heavy atom. The van der Waals surface area contributed by atoms with E-state index in [1.54, 1.807) is 6.07 Å². The largest absolute Gasteiger partial charge is 0.456 e. The Hall–Kier alpha value is -2.23. The quantitative estimate of drug-likeness (QED) is 0.869. The first-order valence-corrected chi connectivity index (χ1v) is 6.86. The molecular formula is C16H18N2O2. The number of nitrogens with two attached hydrogens (primary N) is 1. The van der Waals surface area contributed by atoms with Gasteiger partial charge in [0.15, 0.2) is 5.76 Å². The number of hydrogen-bond donors (Lipinski definition) is 1. The van der Waals surface area contributed by atoms with Gasteiger partial charge in [-0.2, -0.15) is 0 Å². The predicted octanol–water partition coefficient (Wildman–Crippen LogP) is 2.98. The summed E-state index contributed by atoms with van der Waals surface area (Å²) in [6, 6.07) is 11.5. The fourth-order valence-corrected chi connectivity index (χ4v) is 2.31. The van der Waals surface area contributed by atoms with Gasteiger partial charge < -0.3 is 15.1 Å². The summed E-state index contributed by atoms with van der Waals surface area (Å²) < 4.78 is 5.45. The number of carbonyl (C=O) groups is 1. The molecule has 4 heteroatoms. The van der Waals surface area contributed by atoms with E-state index in [0.29, 0.717) is 18.3 Å². The molecule has 1 aromatic heterocycles. The Bertz CT molecular complexity index is 629. The van der Waals surface area contributed by atoms with Crippen LogP contribution < -0.4 is 5.73 Å². The molecule has 0 atom stereocenters. The lowest BCUT2D eigenvalue weighted by molar-refractivity contribution is 0.0696. The van der Waals surface area contributed by atoms with Crippen LogP contribution in [0.3, 0.4) is 0 Å². The van der Waals surface area contributed by atoms with Gasteiger partial charge in [-0.15, -0.1) is 0 Å². The number of anilines is 1. The van der Waals surface area contributed by atoms with Crippen molar-refractivity contribution in [3.8, 4) is 0 Å². The maximum atomic E-state index is 12.5.